The Labute approximate surface area is 442 Å². The van der Waals surface area contributed by atoms with E-state index in [9.17, 15) is 39.6 Å². The Bertz CT molecular complexity index is 2010. The van der Waals surface area contributed by atoms with Crippen LogP contribution >= 0.6 is 23.5 Å². The SMILES string of the molecule is CO[C@H]1C[C@@H]2CC[C@@H](C)[C@@](O)(O2)C(=O)C(=O)N2CCCC[C@H]2C(=O)O[C@H]([C@H](C)C[C@@H]2CC[C@@H](O)[C@H](OC)C2)CC2(SCCS2)[C@H](C)/C=C(\C)[C@@H](O)[C@@H](OC)C(=NOCC(=O)O)[C@H](C)C[C@H](C)/C=C/C=C/C=C1C. The topological polar surface area (TPSA) is 220 Å². The fourth-order valence-corrected chi connectivity index (χ4v) is 14.8. The summed E-state index contributed by atoms with van der Waals surface area (Å²) in [7, 11) is 4.68. The number of hydrogen-bond donors (Lipinski definition) is 4. The van der Waals surface area contributed by atoms with E-state index in [1.165, 1.54) is 12.0 Å². The molecule has 16 nitrogen and oxygen atoms in total. The van der Waals surface area contributed by atoms with Crippen molar-refractivity contribution in [3.05, 3.63) is 47.6 Å². The molecule has 5 rings (SSSR count). The summed E-state index contributed by atoms with van der Waals surface area (Å²) in [6, 6.07) is -1.06. The number of cyclic esters (lactones) is 1. The number of aliphatic carboxylic acids is 1. The highest BCUT2D eigenvalue weighted by Gasteiger charge is 2.53. The molecule has 1 aliphatic carbocycles. The highest BCUT2D eigenvalue weighted by atomic mass is 32.2. The van der Waals surface area contributed by atoms with Crippen molar-refractivity contribution in [2.45, 2.75) is 184 Å². The molecule has 4 aliphatic heterocycles. The Morgan fingerprint density at radius 3 is 2.30 bits per heavy atom. The zero-order valence-electron chi connectivity index (χ0n) is 44.9. The number of methoxy groups -OCH3 is 3. The van der Waals surface area contributed by atoms with Gasteiger partial charge >= 0.3 is 11.9 Å². The number of fused-ring (bicyclic) bond motifs is 3. The molecule has 4 heterocycles. The molecular formula is C55H86N2O14S2. The number of thioether (sulfide) groups is 2. The van der Waals surface area contributed by atoms with E-state index < -0.39 is 88.7 Å². The molecule has 73 heavy (non-hydrogen) atoms. The molecule has 5 aliphatic rings. The number of carboxylic acids is 1. The van der Waals surface area contributed by atoms with E-state index in [1.54, 1.807) is 44.7 Å². The zero-order valence-corrected chi connectivity index (χ0v) is 46.6. The largest absolute Gasteiger partial charge is 0.479 e. The fraction of sp³-hybridized carbons (Fsp3) is 0.764. The third-order valence-electron chi connectivity index (χ3n) is 15.9. The lowest BCUT2D eigenvalue weighted by Crippen LogP contribution is -2.61. The second-order valence-corrected chi connectivity index (χ2v) is 24.5. The summed E-state index contributed by atoms with van der Waals surface area (Å²) >= 11 is 3.57. The number of amides is 1. The number of oxime groups is 1. The molecule has 0 aromatic heterocycles. The van der Waals surface area contributed by atoms with Crippen LogP contribution in [-0.2, 0) is 47.7 Å². The first-order valence-electron chi connectivity index (χ1n) is 26.5. The molecule has 15 atom stereocenters. The predicted octanol–water partition coefficient (Wildman–Crippen LogP) is 7.68. The lowest BCUT2D eigenvalue weighted by molar-refractivity contribution is -0.265. The van der Waals surface area contributed by atoms with Crippen LogP contribution in [0.25, 0.3) is 0 Å². The van der Waals surface area contributed by atoms with E-state index in [2.05, 4.69) is 25.9 Å². The Balaban J connectivity index is 1.56. The first-order valence-corrected chi connectivity index (χ1v) is 28.4. The predicted molar refractivity (Wildman–Crippen MR) is 284 cm³/mol. The molecule has 4 N–H and O–H groups in total. The van der Waals surface area contributed by atoms with Crippen molar-refractivity contribution in [1.82, 2.24) is 4.90 Å². The molecule has 18 heteroatoms. The van der Waals surface area contributed by atoms with Gasteiger partial charge in [0.15, 0.2) is 0 Å². The van der Waals surface area contributed by atoms with Crippen molar-refractivity contribution in [2.24, 2.45) is 40.7 Å². The molecule has 1 amide bonds. The summed E-state index contributed by atoms with van der Waals surface area (Å²) in [5, 5.41) is 48.6. The number of ketones is 1. The smallest absolute Gasteiger partial charge is 0.344 e. The van der Waals surface area contributed by atoms with Gasteiger partial charge in [0.05, 0.1) is 34.2 Å². The van der Waals surface area contributed by atoms with E-state index in [0.29, 0.717) is 75.5 Å². The summed E-state index contributed by atoms with van der Waals surface area (Å²) < 4.78 is 30.0. The quantitative estimate of drug-likeness (QED) is 0.0753. The van der Waals surface area contributed by atoms with Crippen LogP contribution in [0.15, 0.2) is 52.8 Å². The normalized spacial score (nSPS) is 38.6. The zero-order chi connectivity index (χ0) is 53.6. The van der Waals surface area contributed by atoms with Gasteiger partial charge in [0.2, 0.25) is 12.4 Å². The van der Waals surface area contributed by atoms with Gasteiger partial charge in [-0.1, -0.05) is 76.2 Å². The first-order chi connectivity index (χ1) is 34.7. The molecular weight excluding hydrogens is 977 g/mol. The van der Waals surface area contributed by atoms with Crippen LogP contribution in [0.4, 0.5) is 0 Å². The number of carboxylic acid groups (broad SMARTS) is 1. The number of carbonyl (C=O) groups is 4. The number of Topliss-reactive ketones (excluding diaryl/α,β-unsaturated/α-hetero) is 1. The Hall–Kier alpha value is -3.07. The minimum absolute atomic E-state index is 0.0234. The number of esters is 1. The average Bonchev–Trinajstić information content (AvgIpc) is 3.85. The van der Waals surface area contributed by atoms with Crippen molar-refractivity contribution >= 4 is 52.9 Å². The molecule has 3 saturated heterocycles. The second-order valence-electron chi connectivity index (χ2n) is 21.4. The molecule has 0 unspecified atom stereocenters. The molecule has 1 saturated carbocycles. The number of hydrogen-bond acceptors (Lipinski definition) is 16. The molecule has 0 aromatic rings. The summed E-state index contributed by atoms with van der Waals surface area (Å²) in [6.45, 7) is 13.1. The Morgan fingerprint density at radius 1 is 0.904 bits per heavy atom. The van der Waals surface area contributed by atoms with Gasteiger partial charge < -0.3 is 53.8 Å². The van der Waals surface area contributed by atoms with Crippen molar-refractivity contribution in [2.75, 3.05) is 46.0 Å². The lowest BCUT2D eigenvalue weighted by Gasteiger charge is -2.43. The molecule has 412 valence electrons. The van der Waals surface area contributed by atoms with Crippen LogP contribution in [0.2, 0.25) is 0 Å². The van der Waals surface area contributed by atoms with E-state index in [1.807, 2.05) is 57.2 Å². The lowest BCUT2D eigenvalue weighted by atomic mass is 9.78. The number of aliphatic hydroxyl groups excluding tert-OH is 2. The van der Waals surface area contributed by atoms with Gasteiger partial charge in [-0.25, -0.2) is 9.59 Å². The third-order valence-corrected chi connectivity index (χ3v) is 19.7. The maximum atomic E-state index is 14.8. The van der Waals surface area contributed by atoms with Crippen LogP contribution in [0.3, 0.4) is 0 Å². The minimum Gasteiger partial charge on any atom is -0.479 e. The summed E-state index contributed by atoms with van der Waals surface area (Å²) in [4.78, 5) is 61.9. The first kappa shape index (κ1) is 60.8. The summed E-state index contributed by atoms with van der Waals surface area (Å²) in [5.41, 5.74) is 1.87. The number of rotatable bonds is 9. The van der Waals surface area contributed by atoms with Gasteiger partial charge in [0.1, 0.15) is 24.4 Å². The maximum Gasteiger partial charge on any atom is 0.344 e. The van der Waals surface area contributed by atoms with Crippen molar-refractivity contribution in [3.63, 3.8) is 0 Å². The summed E-state index contributed by atoms with van der Waals surface area (Å²) in [5.74, 6) is -5.71. The van der Waals surface area contributed by atoms with Crippen LogP contribution in [0, 0.1) is 35.5 Å². The number of ether oxygens (including phenoxy) is 5. The Kier molecular flexibility index (Phi) is 23.6. The van der Waals surface area contributed by atoms with E-state index in [0.717, 1.165) is 23.5 Å². The molecule has 0 radical (unpaired) electrons. The highest BCUT2D eigenvalue weighted by Crippen LogP contribution is 2.54. The number of nitrogens with zero attached hydrogens (tertiary/aromatic N) is 2. The number of aliphatic hydroxyl groups is 3. The maximum absolute atomic E-state index is 14.8. The van der Waals surface area contributed by atoms with Gasteiger partial charge in [-0.2, -0.15) is 0 Å². The molecule has 2 bridgehead atoms. The van der Waals surface area contributed by atoms with E-state index in [4.69, 9.17) is 28.5 Å². The number of carbonyl (C=O) groups excluding carboxylic acids is 3. The van der Waals surface area contributed by atoms with Crippen LogP contribution in [0.5, 0.6) is 0 Å². The molecule has 1 spiro atoms. The average molecular weight is 1060 g/mol. The monoisotopic (exact) mass is 1060 g/mol. The van der Waals surface area contributed by atoms with Crippen LogP contribution in [-0.4, -0.2) is 159 Å². The number of allylic oxidation sites excluding steroid dienone is 6. The van der Waals surface area contributed by atoms with Crippen molar-refractivity contribution in [1.29, 1.82) is 0 Å². The van der Waals surface area contributed by atoms with Gasteiger partial charge in [-0.15, -0.1) is 23.5 Å². The number of piperidine rings is 1. The van der Waals surface area contributed by atoms with E-state index >= 15 is 0 Å². The van der Waals surface area contributed by atoms with Crippen LogP contribution < -0.4 is 0 Å². The van der Waals surface area contributed by atoms with Crippen molar-refractivity contribution < 1.29 is 68.1 Å². The Morgan fingerprint density at radius 2 is 1.63 bits per heavy atom. The molecule has 4 fully saturated rings. The van der Waals surface area contributed by atoms with Gasteiger partial charge in [0, 0.05) is 64.1 Å². The third kappa shape index (κ3) is 16.0. The van der Waals surface area contributed by atoms with E-state index in [-0.39, 0.29) is 48.7 Å². The molecule has 0 aromatic carbocycles. The fourth-order valence-electron chi connectivity index (χ4n) is 11.4. The van der Waals surface area contributed by atoms with Gasteiger partial charge in [-0.05, 0) is 113 Å². The van der Waals surface area contributed by atoms with Gasteiger partial charge in [-0.3, -0.25) is 9.59 Å². The van der Waals surface area contributed by atoms with Crippen LogP contribution in [0.1, 0.15) is 126 Å². The van der Waals surface area contributed by atoms with Gasteiger partial charge in [0.25, 0.3) is 11.7 Å². The van der Waals surface area contributed by atoms with Crippen molar-refractivity contribution in [3.8, 4) is 0 Å². The summed E-state index contributed by atoms with van der Waals surface area (Å²) in [6.07, 6.45) is 13.6. The standard InChI is InChI=1S/C55H86N2O14S2/c1-33-16-12-11-13-17-34(2)44(66-8)30-41-21-19-38(6)55(65,71-41)51(62)52(63)57-23-15-14-18-42(57)53(64)70-46(35(3)28-40-20-22-43(58)45(29-40)67-9)31-54(72-24-25-73-54)39(7)27-37(5)49(61)50(68-10)48(36(4)26-33)56-69-32-47(59)60/h11-13,16-17,27,33,35-36,38-46,49-50,58,61,65H,14-15,18-26,28-32H2,1-10H3,(H,59,60)/b13-11+,16-12+,34-17?,37-27+,56-48?/t33-,35-,36-,38-,39-,40+,41+,42+,43-,44+,45-,46+,49-,50+,55-/m1/s1. The highest BCUT2D eigenvalue weighted by molar-refractivity contribution is 8.21. The second kappa shape index (κ2) is 28.3. The minimum atomic E-state index is -2.41.